The van der Waals surface area contributed by atoms with Crippen LogP contribution in [0.2, 0.25) is 0 Å². The number of anilines is 1. The fourth-order valence-corrected chi connectivity index (χ4v) is 3.10. The van der Waals surface area contributed by atoms with Gasteiger partial charge >= 0.3 is 0 Å². The van der Waals surface area contributed by atoms with Crippen molar-refractivity contribution in [2.45, 2.75) is 25.4 Å². The van der Waals surface area contributed by atoms with Crippen LogP contribution in [0.5, 0.6) is 0 Å². The number of primary amides is 1. The van der Waals surface area contributed by atoms with E-state index in [1.165, 1.54) is 6.42 Å². The Morgan fingerprint density at radius 1 is 1.22 bits per heavy atom. The molecule has 2 N–H and O–H groups in total. The molecule has 0 spiro atoms. The van der Waals surface area contributed by atoms with E-state index in [0.717, 1.165) is 31.6 Å². The van der Waals surface area contributed by atoms with Crippen LogP contribution in [-0.4, -0.2) is 60.6 Å². The van der Waals surface area contributed by atoms with Crippen LogP contribution in [0.15, 0.2) is 18.3 Å². The predicted molar refractivity (Wildman–Crippen MR) is 85.1 cm³/mol. The fraction of sp³-hybridized carbons (Fsp3) is 0.562. The number of nitrogens with two attached hydrogens (primary N) is 1. The lowest BCUT2D eigenvalue weighted by Crippen LogP contribution is -2.52. The van der Waals surface area contributed by atoms with Gasteiger partial charge in [-0.05, 0) is 31.4 Å². The highest BCUT2D eigenvalue weighted by Crippen LogP contribution is 2.20. The number of nitrogens with zero attached hydrogens (tertiary/aromatic N) is 3. The van der Waals surface area contributed by atoms with Crippen LogP contribution in [0.1, 0.15) is 29.8 Å². The highest BCUT2D eigenvalue weighted by atomic mass is 16.5. The molecule has 1 atom stereocenters. The van der Waals surface area contributed by atoms with Crippen molar-refractivity contribution in [1.29, 1.82) is 0 Å². The molecule has 124 valence electrons. The predicted octanol–water partition coefficient (Wildman–Crippen LogP) is 0.398. The number of amides is 2. The lowest BCUT2D eigenvalue weighted by Gasteiger charge is -2.37. The summed E-state index contributed by atoms with van der Waals surface area (Å²) >= 11 is 0. The van der Waals surface area contributed by atoms with Gasteiger partial charge in [-0.15, -0.1) is 0 Å². The smallest absolute Gasteiger partial charge is 0.267 e. The normalized spacial score (nSPS) is 22.0. The number of rotatable bonds is 3. The summed E-state index contributed by atoms with van der Waals surface area (Å²) in [6, 6.07) is 3.48. The van der Waals surface area contributed by atoms with Crippen molar-refractivity contribution in [3.05, 3.63) is 24.0 Å². The third-order valence-electron chi connectivity index (χ3n) is 4.37. The summed E-state index contributed by atoms with van der Waals surface area (Å²) in [4.78, 5) is 31.8. The van der Waals surface area contributed by atoms with E-state index in [1.54, 1.807) is 12.3 Å². The van der Waals surface area contributed by atoms with Crippen molar-refractivity contribution >= 4 is 17.5 Å². The maximum atomic E-state index is 12.6. The van der Waals surface area contributed by atoms with Gasteiger partial charge in [0.25, 0.3) is 11.8 Å². The Hall–Kier alpha value is -2.15. The van der Waals surface area contributed by atoms with E-state index >= 15 is 0 Å². The van der Waals surface area contributed by atoms with Gasteiger partial charge in [-0.1, -0.05) is 0 Å². The summed E-state index contributed by atoms with van der Waals surface area (Å²) in [5.41, 5.74) is 6.35. The van der Waals surface area contributed by atoms with E-state index in [4.69, 9.17) is 10.5 Å². The van der Waals surface area contributed by atoms with E-state index < -0.39 is 12.0 Å². The van der Waals surface area contributed by atoms with Gasteiger partial charge in [0.05, 0.1) is 13.2 Å². The molecule has 7 nitrogen and oxygen atoms in total. The number of hydrogen-bond donors (Lipinski definition) is 1. The molecule has 2 fully saturated rings. The number of hydrogen-bond acceptors (Lipinski definition) is 5. The Labute approximate surface area is 135 Å². The Bertz CT molecular complexity index is 586. The number of likely N-dealkylation sites (tertiary alicyclic amines) is 1. The number of morpholine rings is 1. The molecule has 0 saturated carbocycles. The molecule has 1 unspecified atom stereocenters. The Morgan fingerprint density at radius 3 is 2.74 bits per heavy atom. The Morgan fingerprint density at radius 2 is 2.00 bits per heavy atom. The van der Waals surface area contributed by atoms with Gasteiger partial charge in [-0.2, -0.15) is 0 Å². The number of pyridine rings is 1. The zero-order valence-corrected chi connectivity index (χ0v) is 13.1. The second-order valence-electron chi connectivity index (χ2n) is 5.95. The van der Waals surface area contributed by atoms with E-state index in [1.807, 2.05) is 15.9 Å². The van der Waals surface area contributed by atoms with Crippen molar-refractivity contribution in [2.75, 3.05) is 37.7 Å². The van der Waals surface area contributed by atoms with E-state index in [-0.39, 0.29) is 11.6 Å². The van der Waals surface area contributed by atoms with Crippen LogP contribution in [-0.2, 0) is 9.53 Å². The molecule has 2 aliphatic rings. The summed E-state index contributed by atoms with van der Waals surface area (Å²) in [5.74, 6) is -0.486. The van der Waals surface area contributed by atoms with Gasteiger partial charge in [0.1, 0.15) is 5.69 Å². The molecular formula is C16H22N4O3. The first kappa shape index (κ1) is 15.7. The minimum absolute atomic E-state index is 0.0681. The molecule has 0 bridgehead atoms. The molecule has 7 heteroatoms. The lowest BCUT2D eigenvalue weighted by atomic mass is 10.1. The summed E-state index contributed by atoms with van der Waals surface area (Å²) < 4.78 is 5.68. The molecule has 0 aromatic carbocycles. The van der Waals surface area contributed by atoms with E-state index in [0.29, 0.717) is 19.7 Å². The molecule has 0 radical (unpaired) electrons. The summed E-state index contributed by atoms with van der Waals surface area (Å²) in [5, 5.41) is 0. The molecule has 2 aliphatic heterocycles. The summed E-state index contributed by atoms with van der Waals surface area (Å²) in [7, 11) is 0. The van der Waals surface area contributed by atoms with Gasteiger partial charge in [-0.25, -0.2) is 0 Å². The van der Waals surface area contributed by atoms with Gasteiger partial charge in [0.2, 0.25) is 0 Å². The van der Waals surface area contributed by atoms with E-state index in [9.17, 15) is 9.59 Å². The average Bonchev–Trinajstić information content (AvgIpc) is 2.62. The standard InChI is InChI=1S/C16H22N4O3/c17-15(21)13-10-12(4-5-18-13)20-8-9-23-14(11-20)16(22)19-6-2-1-3-7-19/h4-5,10,14H,1-3,6-9,11H2,(H2,17,21). The van der Waals surface area contributed by atoms with Crippen LogP contribution in [0.4, 0.5) is 5.69 Å². The first-order valence-electron chi connectivity index (χ1n) is 8.06. The number of aromatic nitrogens is 1. The zero-order valence-electron chi connectivity index (χ0n) is 13.1. The Kier molecular flexibility index (Phi) is 4.76. The van der Waals surface area contributed by atoms with Crippen molar-refractivity contribution in [1.82, 2.24) is 9.88 Å². The second kappa shape index (κ2) is 6.95. The number of ether oxygens (including phenoxy) is 1. The van der Waals surface area contributed by atoms with Gasteiger partial charge in [0.15, 0.2) is 6.10 Å². The topological polar surface area (TPSA) is 88.8 Å². The largest absolute Gasteiger partial charge is 0.366 e. The molecule has 3 heterocycles. The van der Waals surface area contributed by atoms with E-state index in [2.05, 4.69) is 4.98 Å². The monoisotopic (exact) mass is 318 g/mol. The number of carbonyl (C=O) groups excluding carboxylic acids is 2. The molecule has 3 rings (SSSR count). The van der Waals surface area contributed by atoms with Crippen molar-refractivity contribution in [3.8, 4) is 0 Å². The maximum absolute atomic E-state index is 12.6. The Balaban J connectivity index is 1.69. The van der Waals surface area contributed by atoms with Gasteiger partial charge in [-0.3, -0.25) is 14.6 Å². The third kappa shape index (κ3) is 3.61. The van der Waals surface area contributed by atoms with Crippen molar-refractivity contribution < 1.29 is 14.3 Å². The summed E-state index contributed by atoms with van der Waals surface area (Å²) in [6.07, 6.45) is 4.43. The van der Waals surface area contributed by atoms with Crippen molar-refractivity contribution in [3.63, 3.8) is 0 Å². The van der Waals surface area contributed by atoms with Crippen LogP contribution < -0.4 is 10.6 Å². The average molecular weight is 318 g/mol. The molecule has 23 heavy (non-hydrogen) atoms. The lowest BCUT2D eigenvalue weighted by molar-refractivity contribution is -0.145. The second-order valence-corrected chi connectivity index (χ2v) is 5.95. The van der Waals surface area contributed by atoms with Gasteiger partial charge < -0.3 is 20.3 Å². The third-order valence-corrected chi connectivity index (χ3v) is 4.37. The summed E-state index contributed by atoms with van der Waals surface area (Å²) in [6.45, 7) is 3.28. The minimum atomic E-state index is -0.555. The minimum Gasteiger partial charge on any atom is -0.366 e. The first-order valence-corrected chi connectivity index (χ1v) is 8.06. The quantitative estimate of drug-likeness (QED) is 0.871. The molecule has 2 amide bonds. The number of carbonyl (C=O) groups is 2. The molecule has 0 aliphatic carbocycles. The highest BCUT2D eigenvalue weighted by Gasteiger charge is 2.31. The maximum Gasteiger partial charge on any atom is 0.267 e. The molecule has 1 aromatic rings. The highest BCUT2D eigenvalue weighted by molar-refractivity contribution is 5.91. The zero-order chi connectivity index (χ0) is 16.2. The van der Waals surface area contributed by atoms with Crippen LogP contribution >= 0.6 is 0 Å². The fourth-order valence-electron chi connectivity index (χ4n) is 3.10. The number of piperidine rings is 1. The van der Waals surface area contributed by atoms with Crippen LogP contribution in [0, 0.1) is 0 Å². The molecular weight excluding hydrogens is 296 g/mol. The molecule has 2 saturated heterocycles. The van der Waals surface area contributed by atoms with Gasteiger partial charge in [0, 0.05) is 31.5 Å². The first-order chi connectivity index (χ1) is 11.1. The van der Waals surface area contributed by atoms with Crippen LogP contribution in [0.3, 0.4) is 0 Å². The van der Waals surface area contributed by atoms with Crippen LogP contribution in [0.25, 0.3) is 0 Å². The van der Waals surface area contributed by atoms with Crippen molar-refractivity contribution in [2.24, 2.45) is 5.73 Å². The molecule has 1 aromatic heterocycles. The SMILES string of the molecule is NC(=O)c1cc(N2CCOC(C(=O)N3CCCCC3)C2)ccn1.